The SMILES string of the molecule is [B]c1ccc(I)c(C)c1. The highest BCUT2D eigenvalue weighted by molar-refractivity contribution is 14.1. The molecule has 0 heterocycles. The molecule has 0 fully saturated rings. The molecule has 0 spiro atoms. The highest BCUT2D eigenvalue weighted by atomic mass is 127. The van der Waals surface area contributed by atoms with Crippen LogP contribution in [0.15, 0.2) is 18.2 Å². The molecular formula is C7H6BI. The highest BCUT2D eigenvalue weighted by Crippen LogP contribution is 2.07. The maximum atomic E-state index is 5.52. The van der Waals surface area contributed by atoms with Crippen molar-refractivity contribution in [1.29, 1.82) is 0 Å². The van der Waals surface area contributed by atoms with E-state index in [1.54, 1.807) is 0 Å². The second-order valence-corrected chi connectivity index (χ2v) is 3.17. The van der Waals surface area contributed by atoms with E-state index in [1.165, 1.54) is 9.13 Å². The van der Waals surface area contributed by atoms with Crippen molar-refractivity contribution in [3.05, 3.63) is 27.3 Å². The van der Waals surface area contributed by atoms with Crippen LogP contribution in [0.2, 0.25) is 0 Å². The summed E-state index contributed by atoms with van der Waals surface area (Å²) in [6.45, 7) is 2.05. The molecule has 0 N–H and O–H groups in total. The second kappa shape index (κ2) is 2.73. The van der Waals surface area contributed by atoms with Gasteiger partial charge >= 0.3 is 0 Å². The van der Waals surface area contributed by atoms with Crippen LogP contribution >= 0.6 is 22.6 Å². The predicted molar refractivity (Wildman–Crippen MR) is 49.3 cm³/mol. The Kier molecular flexibility index (Phi) is 2.16. The van der Waals surface area contributed by atoms with Crippen molar-refractivity contribution in [2.24, 2.45) is 0 Å². The van der Waals surface area contributed by atoms with Gasteiger partial charge in [-0.25, -0.2) is 0 Å². The zero-order valence-electron chi connectivity index (χ0n) is 5.19. The molecule has 2 heteroatoms. The summed E-state index contributed by atoms with van der Waals surface area (Å²) in [5.74, 6) is 0. The van der Waals surface area contributed by atoms with E-state index in [0.717, 1.165) is 5.46 Å². The fraction of sp³-hybridized carbons (Fsp3) is 0.143. The number of benzene rings is 1. The van der Waals surface area contributed by atoms with E-state index in [0.29, 0.717) is 0 Å². The van der Waals surface area contributed by atoms with Crippen LogP contribution in [-0.4, -0.2) is 7.85 Å². The standard InChI is InChI=1S/C7H6BI/c1-5-4-6(8)2-3-7(5)9/h2-4H,1H3. The number of hydrogen-bond acceptors (Lipinski definition) is 0. The Morgan fingerprint density at radius 3 is 2.56 bits per heavy atom. The molecule has 2 radical (unpaired) electrons. The minimum Gasteiger partial charge on any atom is -0.0963 e. The minimum absolute atomic E-state index is 0.841. The second-order valence-electron chi connectivity index (χ2n) is 2.01. The lowest BCUT2D eigenvalue weighted by Crippen LogP contribution is -2.01. The van der Waals surface area contributed by atoms with Gasteiger partial charge in [-0.05, 0) is 41.1 Å². The van der Waals surface area contributed by atoms with Crippen LogP contribution in [0.1, 0.15) is 5.56 Å². The van der Waals surface area contributed by atoms with Crippen molar-refractivity contribution in [1.82, 2.24) is 0 Å². The van der Waals surface area contributed by atoms with Crippen LogP contribution in [0.5, 0.6) is 0 Å². The highest BCUT2D eigenvalue weighted by Gasteiger charge is 1.90. The smallest absolute Gasteiger partial charge is 0.0963 e. The van der Waals surface area contributed by atoms with Crippen LogP contribution < -0.4 is 5.46 Å². The topological polar surface area (TPSA) is 0 Å². The lowest BCUT2D eigenvalue weighted by molar-refractivity contribution is 1.45. The number of rotatable bonds is 0. The molecule has 1 aromatic rings. The molecular weight excluding hydrogens is 222 g/mol. The first-order valence-electron chi connectivity index (χ1n) is 2.72. The quantitative estimate of drug-likeness (QED) is 0.464. The summed E-state index contributed by atoms with van der Waals surface area (Å²) in [6, 6.07) is 5.90. The van der Waals surface area contributed by atoms with E-state index in [9.17, 15) is 0 Å². The zero-order valence-corrected chi connectivity index (χ0v) is 7.34. The molecule has 0 saturated heterocycles. The molecule has 0 aromatic heterocycles. The van der Waals surface area contributed by atoms with Gasteiger partial charge in [0.2, 0.25) is 0 Å². The van der Waals surface area contributed by atoms with Gasteiger partial charge < -0.3 is 0 Å². The summed E-state index contributed by atoms with van der Waals surface area (Å²) in [5, 5.41) is 0. The first kappa shape index (κ1) is 7.13. The monoisotopic (exact) mass is 228 g/mol. The van der Waals surface area contributed by atoms with Gasteiger partial charge in [-0.3, -0.25) is 0 Å². The van der Waals surface area contributed by atoms with E-state index in [-0.39, 0.29) is 0 Å². The number of hydrogen-bond donors (Lipinski definition) is 0. The van der Waals surface area contributed by atoms with Gasteiger partial charge in [0, 0.05) is 3.57 Å². The maximum absolute atomic E-state index is 5.52. The molecule has 0 aliphatic heterocycles. The molecule has 0 aliphatic carbocycles. The lowest BCUT2D eigenvalue weighted by atomic mass is 9.95. The first-order valence-corrected chi connectivity index (χ1v) is 3.79. The van der Waals surface area contributed by atoms with Gasteiger partial charge in [0.1, 0.15) is 7.85 Å². The Labute approximate surface area is 70.2 Å². The van der Waals surface area contributed by atoms with Crippen LogP contribution in [0.3, 0.4) is 0 Å². The third-order valence-corrected chi connectivity index (χ3v) is 2.39. The summed E-state index contributed by atoms with van der Waals surface area (Å²) < 4.78 is 1.27. The Bertz CT molecular complexity index is 220. The van der Waals surface area contributed by atoms with Gasteiger partial charge in [0.25, 0.3) is 0 Å². The predicted octanol–water partition coefficient (Wildman–Crippen LogP) is 1.39. The van der Waals surface area contributed by atoms with Crippen LogP contribution in [0.25, 0.3) is 0 Å². The summed E-state index contributed by atoms with van der Waals surface area (Å²) in [7, 11) is 5.52. The van der Waals surface area contributed by atoms with Crippen LogP contribution in [-0.2, 0) is 0 Å². The van der Waals surface area contributed by atoms with Crippen LogP contribution in [0, 0.1) is 10.5 Å². The van der Waals surface area contributed by atoms with Gasteiger partial charge in [0.05, 0.1) is 0 Å². The molecule has 0 atom stereocenters. The largest absolute Gasteiger partial charge is 0.113 e. The number of halogens is 1. The van der Waals surface area contributed by atoms with Crippen LogP contribution in [0.4, 0.5) is 0 Å². The summed E-state index contributed by atoms with van der Waals surface area (Å²) in [6.07, 6.45) is 0. The van der Waals surface area contributed by atoms with Crippen molar-refractivity contribution in [2.45, 2.75) is 6.92 Å². The molecule has 9 heavy (non-hydrogen) atoms. The third kappa shape index (κ3) is 1.71. The molecule has 1 aromatic carbocycles. The Morgan fingerprint density at radius 2 is 2.11 bits per heavy atom. The van der Waals surface area contributed by atoms with Gasteiger partial charge in [0.15, 0.2) is 0 Å². The van der Waals surface area contributed by atoms with Crippen molar-refractivity contribution in [2.75, 3.05) is 0 Å². The Hall–Kier alpha value is 0.0149. The Balaban J connectivity index is 3.17. The summed E-state index contributed by atoms with van der Waals surface area (Å²) in [5.41, 5.74) is 2.09. The average Bonchev–Trinajstić information content (AvgIpc) is 1.80. The third-order valence-electron chi connectivity index (χ3n) is 1.18. The summed E-state index contributed by atoms with van der Waals surface area (Å²) in [4.78, 5) is 0. The average molecular weight is 228 g/mol. The van der Waals surface area contributed by atoms with E-state index >= 15 is 0 Å². The maximum Gasteiger partial charge on any atom is 0.113 e. The molecule has 0 aliphatic rings. The molecule has 44 valence electrons. The van der Waals surface area contributed by atoms with E-state index in [4.69, 9.17) is 7.85 Å². The summed E-state index contributed by atoms with van der Waals surface area (Å²) >= 11 is 2.29. The van der Waals surface area contributed by atoms with E-state index in [1.807, 2.05) is 18.2 Å². The van der Waals surface area contributed by atoms with Gasteiger partial charge in [-0.15, -0.1) is 0 Å². The molecule has 0 bridgehead atoms. The van der Waals surface area contributed by atoms with Gasteiger partial charge in [-0.1, -0.05) is 17.6 Å². The molecule has 0 saturated carbocycles. The van der Waals surface area contributed by atoms with Crippen molar-refractivity contribution in [3.8, 4) is 0 Å². The van der Waals surface area contributed by atoms with Crippen molar-refractivity contribution < 1.29 is 0 Å². The fourth-order valence-corrected chi connectivity index (χ4v) is 1.00. The molecule has 0 nitrogen and oxygen atoms in total. The van der Waals surface area contributed by atoms with Crippen molar-refractivity contribution in [3.63, 3.8) is 0 Å². The molecule has 1 rings (SSSR count). The van der Waals surface area contributed by atoms with Crippen molar-refractivity contribution >= 4 is 35.9 Å². The zero-order chi connectivity index (χ0) is 6.85. The van der Waals surface area contributed by atoms with Gasteiger partial charge in [-0.2, -0.15) is 0 Å². The Morgan fingerprint density at radius 1 is 1.44 bits per heavy atom. The van der Waals surface area contributed by atoms with E-state index in [2.05, 4.69) is 29.5 Å². The van der Waals surface area contributed by atoms with E-state index < -0.39 is 0 Å². The minimum atomic E-state index is 0.841. The number of aryl methyl sites for hydroxylation is 1. The normalized spacial score (nSPS) is 9.56. The molecule has 0 amide bonds. The lowest BCUT2D eigenvalue weighted by Gasteiger charge is -1.97. The molecule has 0 unspecified atom stereocenters. The fourth-order valence-electron chi connectivity index (χ4n) is 0.668. The first-order chi connectivity index (χ1) is 4.20.